The second-order valence-corrected chi connectivity index (χ2v) is 6.99. The fraction of sp³-hybridized carbons (Fsp3) is 0.611. The van der Waals surface area contributed by atoms with Gasteiger partial charge >= 0.3 is 0 Å². The van der Waals surface area contributed by atoms with Gasteiger partial charge in [-0.05, 0) is 48.1 Å². The maximum atomic E-state index is 12.8. The first-order chi connectivity index (χ1) is 9.81. The van der Waals surface area contributed by atoms with Crippen LogP contribution in [0.5, 0.6) is 0 Å². The minimum Gasteiger partial charge on any atom is -0.312 e. The molecule has 0 aromatic heterocycles. The van der Waals surface area contributed by atoms with Gasteiger partial charge in [0.1, 0.15) is 5.78 Å². The van der Waals surface area contributed by atoms with Crippen LogP contribution in [0.4, 0.5) is 0 Å². The molecule has 2 heteroatoms. The minimum absolute atomic E-state index is 0.0964. The standard InChI is InChI=1S/C18H23NO/c20-18(9-15-8-12-5-6-13(15)7-12)17-11-19-10-14-3-1-2-4-16(14)17/h1-4,12-13,15,17,19H,5-11H2. The molecule has 4 atom stereocenters. The van der Waals surface area contributed by atoms with E-state index in [4.69, 9.17) is 0 Å². The van der Waals surface area contributed by atoms with Gasteiger partial charge < -0.3 is 5.32 Å². The van der Waals surface area contributed by atoms with E-state index >= 15 is 0 Å². The predicted octanol–water partition coefficient (Wildman–Crippen LogP) is 3.27. The molecule has 2 bridgehead atoms. The molecular weight excluding hydrogens is 246 g/mol. The molecule has 1 aliphatic heterocycles. The summed E-state index contributed by atoms with van der Waals surface area (Å²) in [5, 5.41) is 3.41. The number of carbonyl (C=O) groups is 1. The number of rotatable bonds is 3. The van der Waals surface area contributed by atoms with Crippen molar-refractivity contribution in [3.63, 3.8) is 0 Å². The summed E-state index contributed by atoms with van der Waals surface area (Å²) >= 11 is 0. The SMILES string of the molecule is O=C(CC1CC2CCC1C2)C1CNCc2ccccc21. The second-order valence-electron chi connectivity index (χ2n) is 6.99. The molecule has 1 aromatic carbocycles. The molecule has 2 fully saturated rings. The van der Waals surface area contributed by atoms with E-state index in [0.29, 0.717) is 11.7 Å². The van der Waals surface area contributed by atoms with Gasteiger partial charge in [0.15, 0.2) is 0 Å². The lowest BCUT2D eigenvalue weighted by Crippen LogP contribution is -2.33. The highest BCUT2D eigenvalue weighted by atomic mass is 16.1. The molecule has 0 spiro atoms. The Bertz CT molecular complexity index is 524. The van der Waals surface area contributed by atoms with Crippen LogP contribution in [0.3, 0.4) is 0 Å². The van der Waals surface area contributed by atoms with Crippen LogP contribution in [-0.2, 0) is 11.3 Å². The number of benzene rings is 1. The highest BCUT2D eigenvalue weighted by Gasteiger charge is 2.41. The first-order valence-electron chi connectivity index (χ1n) is 8.12. The smallest absolute Gasteiger partial charge is 0.141 e. The first kappa shape index (κ1) is 12.6. The summed E-state index contributed by atoms with van der Waals surface area (Å²) in [6.45, 7) is 1.74. The molecule has 20 heavy (non-hydrogen) atoms. The zero-order valence-electron chi connectivity index (χ0n) is 12.0. The first-order valence-corrected chi connectivity index (χ1v) is 8.12. The number of ketones is 1. The molecule has 2 nitrogen and oxygen atoms in total. The summed E-state index contributed by atoms with van der Waals surface area (Å²) in [7, 11) is 0. The van der Waals surface area contributed by atoms with Crippen molar-refractivity contribution in [2.45, 2.75) is 44.6 Å². The third kappa shape index (κ3) is 2.10. The van der Waals surface area contributed by atoms with Crippen LogP contribution in [0.25, 0.3) is 0 Å². The lowest BCUT2D eigenvalue weighted by Gasteiger charge is -2.28. The Kier molecular flexibility index (Phi) is 3.14. The summed E-state index contributed by atoms with van der Waals surface area (Å²) in [5.74, 6) is 3.06. The molecule has 2 aliphatic carbocycles. The van der Waals surface area contributed by atoms with Crippen molar-refractivity contribution < 1.29 is 4.79 Å². The predicted molar refractivity (Wildman–Crippen MR) is 79.5 cm³/mol. The van der Waals surface area contributed by atoms with Crippen LogP contribution in [0.15, 0.2) is 24.3 Å². The van der Waals surface area contributed by atoms with E-state index in [1.807, 2.05) is 0 Å². The maximum absolute atomic E-state index is 12.8. The highest BCUT2D eigenvalue weighted by Crippen LogP contribution is 2.50. The molecule has 3 aliphatic rings. The normalized spacial score (nSPS) is 35.0. The number of hydrogen-bond acceptors (Lipinski definition) is 2. The van der Waals surface area contributed by atoms with Crippen molar-refractivity contribution in [3.05, 3.63) is 35.4 Å². The third-order valence-electron chi connectivity index (χ3n) is 5.83. The Morgan fingerprint density at radius 2 is 2.10 bits per heavy atom. The Hall–Kier alpha value is -1.15. The van der Waals surface area contributed by atoms with Crippen LogP contribution >= 0.6 is 0 Å². The van der Waals surface area contributed by atoms with Gasteiger partial charge in [0.05, 0.1) is 5.92 Å². The van der Waals surface area contributed by atoms with Crippen molar-refractivity contribution in [3.8, 4) is 0 Å². The second kappa shape index (κ2) is 5.00. The fourth-order valence-electron chi connectivity index (χ4n) is 4.81. The molecule has 1 aromatic rings. The summed E-state index contributed by atoms with van der Waals surface area (Å²) in [5.41, 5.74) is 2.59. The molecule has 1 N–H and O–H groups in total. The molecule has 2 saturated carbocycles. The number of Topliss-reactive ketones (excluding diaryl/α,β-unsaturated/α-hetero) is 1. The van der Waals surface area contributed by atoms with Gasteiger partial charge in [0.2, 0.25) is 0 Å². The van der Waals surface area contributed by atoms with Gasteiger partial charge in [-0.2, -0.15) is 0 Å². The molecule has 4 unspecified atom stereocenters. The lowest BCUT2D eigenvalue weighted by molar-refractivity contribution is -0.121. The summed E-state index contributed by atoms with van der Waals surface area (Å²) in [4.78, 5) is 12.8. The average Bonchev–Trinajstić information content (AvgIpc) is 3.09. The van der Waals surface area contributed by atoms with Gasteiger partial charge in [-0.25, -0.2) is 0 Å². The Balaban J connectivity index is 1.49. The quantitative estimate of drug-likeness (QED) is 0.912. The van der Waals surface area contributed by atoms with Crippen molar-refractivity contribution >= 4 is 5.78 Å². The van der Waals surface area contributed by atoms with Gasteiger partial charge in [-0.1, -0.05) is 30.7 Å². The van der Waals surface area contributed by atoms with E-state index < -0.39 is 0 Å². The van der Waals surface area contributed by atoms with E-state index in [2.05, 4.69) is 29.6 Å². The molecule has 0 saturated heterocycles. The van der Waals surface area contributed by atoms with E-state index in [1.165, 1.54) is 36.8 Å². The van der Waals surface area contributed by atoms with Gasteiger partial charge in [0.25, 0.3) is 0 Å². The molecule has 1 heterocycles. The maximum Gasteiger partial charge on any atom is 0.141 e. The van der Waals surface area contributed by atoms with Crippen molar-refractivity contribution in [1.82, 2.24) is 5.32 Å². The minimum atomic E-state index is 0.0964. The average molecular weight is 269 g/mol. The lowest BCUT2D eigenvalue weighted by atomic mass is 9.80. The fourth-order valence-corrected chi connectivity index (χ4v) is 4.81. The number of hydrogen-bond donors (Lipinski definition) is 1. The van der Waals surface area contributed by atoms with E-state index in [1.54, 1.807) is 0 Å². The van der Waals surface area contributed by atoms with E-state index in [-0.39, 0.29) is 5.92 Å². The van der Waals surface area contributed by atoms with E-state index in [9.17, 15) is 4.79 Å². The van der Waals surface area contributed by atoms with Crippen LogP contribution in [0.1, 0.15) is 49.1 Å². The Morgan fingerprint density at radius 3 is 2.90 bits per heavy atom. The topological polar surface area (TPSA) is 29.1 Å². The highest BCUT2D eigenvalue weighted by molar-refractivity contribution is 5.87. The zero-order valence-corrected chi connectivity index (χ0v) is 12.0. The number of carbonyl (C=O) groups excluding carboxylic acids is 1. The van der Waals surface area contributed by atoms with Crippen molar-refractivity contribution in [2.24, 2.45) is 17.8 Å². The van der Waals surface area contributed by atoms with E-state index in [0.717, 1.165) is 31.3 Å². The van der Waals surface area contributed by atoms with Crippen LogP contribution in [0, 0.1) is 17.8 Å². The molecular formula is C18H23NO. The Morgan fingerprint density at radius 1 is 1.20 bits per heavy atom. The van der Waals surface area contributed by atoms with Gasteiger partial charge in [-0.15, -0.1) is 0 Å². The summed E-state index contributed by atoms with van der Waals surface area (Å²) in [6.07, 6.45) is 6.34. The van der Waals surface area contributed by atoms with Crippen LogP contribution in [-0.4, -0.2) is 12.3 Å². The molecule has 0 amide bonds. The molecule has 106 valence electrons. The molecule has 0 radical (unpaired) electrons. The monoisotopic (exact) mass is 269 g/mol. The largest absolute Gasteiger partial charge is 0.312 e. The van der Waals surface area contributed by atoms with Crippen molar-refractivity contribution in [2.75, 3.05) is 6.54 Å². The number of nitrogens with one attached hydrogen (secondary N) is 1. The Labute approximate surface area is 121 Å². The van der Waals surface area contributed by atoms with Gasteiger partial charge in [-0.3, -0.25) is 4.79 Å². The van der Waals surface area contributed by atoms with Crippen LogP contribution in [0.2, 0.25) is 0 Å². The zero-order chi connectivity index (χ0) is 13.5. The summed E-state index contributed by atoms with van der Waals surface area (Å²) < 4.78 is 0. The van der Waals surface area contributed by atoms with Gasteiger partial charge in [0, 0.05) is 19.5 Å². The van der Waals surface area contributed by atoms with Crippen molar-refractivity contribution in [1.29, 1.82) is 0 Å². The van der Waals surface area contributed by atoms with Crippen LogP contribution < -0.4 is 5.32 Å². The summed E-state index contributed by atoms with van der Waals surface area (Å²) in [6, 6.07) is 8.45. The molecule has 4 rings (SSSR count). The third-order valence-corrected chi connectivity index (χ3v) is 5.83. The number of fused-ring (bicyclic) bond motifs is 3.